The van der Waals surface area contributed by atoms with Crippen LogP contribution in [0, 0.1) is 0 Å². The second-order valence-electron chi connectivity index (χ2n) is 4.59. The van der Waals surface area contributed by atoms with E-state index in [2.05, 4.69) is 15.1 Å². The minimum Gasteiger partial charge on any atom is -0.325 e. The van der Waals surface area contributed by atoms with Crippen LogP contribution in [0.3, 0.4) is 0 Å². The molecule has 2 aromatic heterocycles. The van der Waals surface area contributed by atoms with Gasteiger partial charge in [0.15, 0.2) is 0 Å². The molecule has 0 bridgehead atoms. The molecule has 7 heteroatoms. The lowest BCUT2D eigenvalue weighted by atomic mass is 10.1. The van der Waals surface area contributed by atoms with Gasteiger partial charge in [-0.3, -0.25) is 9.89 Å². The van der Waals surface area contributed by atoms with Gasteiger partial charge in [-0.2, -0.15) is 16.3 Å². The molecule has 2 heterocycles. The Hall–Kier alpha value is -1.34. The largest absolute Gasteiger partial charge is 0.325 e. The van der Waals surface area contributed by atoms with Gasteiger partial charge in [-0.1, -0.05) is 0 Å². The first kappa shape index (κ1) is 12.1. The molecule has 92 valence electrons. The van der Waals surface area contributed by atoms with Crippen molar-refractivity contribution in [3.8, 4) is 0 Å². The van der Waals surface area contributed by atoms with Crippen molar-refractivity contribution in [2.45, 2.75) is 25.1 Å². The Kier molecular flexibility index (Phi) is 3.21. The van der Waals surface area contributed by atoms with Gasteiger partial charge in [0.25, 0.3) is 11.3 Å². The van der Waals surface area contributed by atoms with Gasteiger partial charge in [0.05, 0.1) is 5.69 Å². The molecule has 0 aliphatic carbocycles. The van der Waals surface area contributed by atoms with Crippen molar-refractivity contribution < 1.29 is 0 Å². The summed E-state index contributed by atoms with van der Waals surface area (Å²) >= 11 is 1.66. The first-order valence-corrected chi connectivity index (χ1v) is 6.40. The minimum absolute atomic E-state index is 0.143. The topological polar surface area (TPSA) is 89.1 Å². The first-order valence-electron chi connectivity index (χ1n) is 5.24. The van der Waals surface area contributed by atoms with Crippen LogP contribution in [0.15, 0.2) is 17.2 Å². The summed E-state index contributed by atoms with van der Waals surface area (Å²) in [7, 11) is 0. The van der Waals surface area contributed by atoms with E-state index in [1.165, 1.54) is 16.9 Å². The van der Waals surface area contributed by atoms with Crippen LogP contribution in [-0.2, 0) is 5.75 Å². The lowest BCUT2D eigenvalue weighted by molar-refractivity contribution is 0.591. The van der Waals surface area contributed by atoms with E-state index in [1.54, 1.807) is 11.8 Å². The van der Waals surface area contributed by atoms with E-state index in [0.717, 1.165) is 11.4 Å². The third kappa shape index (κ3) is 3.07. The molecule has 0 saturated heterocycles. The number of nitrogens with one attached hydrogen (secondary N) is 1. The summed E-state index contributed by atoms with van der Waals surface area (Å²) in [6.07, 6.45) is 1.45. The Morgan fingerprint density at radius 3 is 3.06 bits per heavy atom. The van der Waals surface area contributed by atoms with Crippen LogP contribution >= 0.6 is 11.8 Å². The zero-order valence-corrected chi connectivity index (χ0v) is 10.6. The van der Waals surface area contributed by atoms with Crippen LogP contribution in [0.4, 0.5) is 0 Å². The van der Waals surface area contributed by atoms with Crippen LogP contribution in [0.25, 0.3) is 5.78 Å². The number of nitrogens with zero attached hydrogens (tertiary/aromatic N) is 3. The average molecular weight is 253 g/mol. The van der Waals surface area contributed by atoms with E-state index in [1.807, 2.05) is 13.8 Å². The van der Waals surface area contributed by atoms with Crippen molar-refractivity contribution in [3.63, 3.8) is 0 Å². The first-order chi connectivity index (χ1) is 7.96. The molecule has 2 rings (SSSR count). The smallest absolute Gasteiger partial charge is 0.274 e. The maximum Gasteiger partial charge on any atom is 0.274 e. The van der Waals surface area contributed by atoms with Crippen molar-refractivity contribution in [1.82, 2.24) is 19.6 Å². The number of hydrogen-bond donors (Lipinski definition) is 2. The van der Waals surface area contributed by atoms with Crippen molar-refractivity contribution in [2.75, 3.05) is 5.75 Å². The fourth-order valence-electron chi connectivity index (χ4n) is 1.36. The molecule has 0 unspecified atom stereocenters. The third-order valence-corrected chi connectivity index (χ3v) is 3.49. The molecule has 3 N–H and O–H groups in total. The van der Waals surface area contributed by atoms with E-state index in [0.29, 0.717) is 11.5 Å². The van der Waals surface area contributed by atoms with Crippen molar-refractivity contribution in [3.05, 3.63) is 28.4 Å². The Labute approximate surface area is 103 Å². The molecule has 2 aromatic rings. The predicted octanol–water partition coefficient (Wildman–Crippen LogP) is 0.388. The number of nitrogens with two attached hydrogens (primary N) is 1. The monoisotopic (exact) mass is 253 g/mol. The zero-order valence-electron chi connectivity index (χ0n) is 9.80. The Morgan fingerprint density at radius 2 is 2.35 bits per heavy atom. The third-order valence-electron chi connectivity index (χ3n) is 2.04. The summed E-state index contributed by atoms with van der Waals surface area (Å²) in [4.78, 5) is 19.9. The van der Waals surface area contributed by atoms with E-state index in [4.69, 9.17) is 5.73 Å². The fourth-order valence-corrected chi connectivity index (χ4v) is 2.35. The van der Waals surface area contributed by atoms with Gasteiger partial charge >= 0.3 is 0 Å². The number of aromatic nitrogens is 4. The molecule has 0 fully saturated rings. The number of thioether (sulfide) groups is 1. The summed E-state index contributed by atoms with van der Waals surface area (Å²) < 4.78 is 1.31. The molecular formula is C10H15N5OS. The lowest BCUT2D eigenvalue weighted by Crippen LogP contribution is -2.34. The summed E-state index contributed by atoms with van der Waals surface area (Å²) in [5.74, 6) is 1.88. The van der Waals surface area contributed by atoms with Gasteiger partial charge in [-0.15, -0.1) is 0 Å². The standard InChI is InChI=1S/C10H15N5OS/c1-10(2,11)5-17-4-7-3-8(16)15-9(14-7)12-6-13-15/h3,6H,4-5,11H2,1-2H3,(H,12,13,14). The quantitative estimate of drug-likeness (QED) is 0.822. The van der Waals surface area contributed by atoms with Crippen LogP contribution in [0.2, 0.25) is 0 Å². The van der Waals surface area contributed by atoms with Crippen LogP contribution in [-0.4, -0.2) is 30.9 Å². The van der Waals surface area contributed by atoms with Crippen molar-refractivity contribution in [2.24, 2.45) is 5.73 Å². The van der Waals surface area contributed by atoms with Crippen molar-refractivity contribution >= 4 is 17.5 Å². The molecule has 0 aliphatic rings. The number of fused-ring (bicyclic) bond motifs is 1. The highest BCUT2D eigenvalue weighted by atomic mass is 32.2. The van der Waals surface area contributed by atoms with Crippen LogP contribution < -0.4 is 11.3 Å². The molecule has 0 radical (unpaired) electrons. The maximum absolute atomic E-state index is 11.6. The van der Waals surface area contributed by atoms with Crippen molar-refractivity contribution in [1.29, 1.82) is 0 Å². The highest BCUT2D eigenvalue weighted by molar-refractivity contribution is 7.98. The molecule has 0 amide bonds. The minimum atomic E-state index is -0.212. The summed E-state index contributed by atoms with van der Waals surface area (Å²) in [5, 5.41) is 2.70. The van der Waals surface area contributed by atoms with Gasteiger partial charge < -0.3 is 5.73 Å². The number of H-pyrrole nitrogens is 1. The molecule has 0 aliphatic heterocycles. The summed E-state index contributed by atoms with van der Waals surface area (Å²) in [6.45, 7) is 3.94. The van der Waals surface area contributed by atoms with Crippen LogP contribution in [0.5, 0.6) is 0 Å². The highest BCUT2D eigenvalue weighted by Gasteiger charge is 2.11. The Morgan fingerprint density at radius 1 is 1.59 bits per heavy atom. The van der Waals surface area contributed by atoms with E-state index in [-0.39, 0.29) is 11.1 Å². The Bertz CT molecular complexity index is 568. The lowest BCUT2D eigenvalue weighted by Gasteiger charge is -2.17. The second kappa shape index (κ2) is 4.50. The molecule has 0 aromatic carbocycles. The van der Waals surface area contributed by atoms with Gasteiger partial charge in [0, 0.05) is 23.1 Å². The molecule has 0 atom stereocenters. The highest BCUT2D eigenvalue weighted by Crippen LogP contribution is 2.14. The van der Waals surface area contributed by atoms with Gasteiger partial charge in [0.1, 0.15) is 6.33 Å². The van der Waals surface area contributed by atoms with E-state index >= 15 is 0 Å². The molecule has 0 saturated carbocycles. The van der Waals surface area contributed by atoms with Gasteiger partial charge in [0.2, 0.25) is 0 Å². The number of rotatable bonds is 4. The molecule has 0 spiro atoms. The predicted molar refractivity (Wildman–Crippen MR) is 68.0 cm³/mol. The summed E-state index contributed by atoms with van der Waals surface area (Å²) in [5.41, 5.74) is 6.26. The fraction of sp³-hybridized carbons (Fsp3) is 0.500. The van der Waals surface area contributed by atoms with E-state index in [9.17, 15) is 4.79 Å². The number of aromatic amines is 1. The molecule has 17 heavy (non-hydrogen) atoms. The zero-order chi connectivity index (χ0) is 12.5. The molecule has 6 nitrogen and oxygen atoms in total. The van der Waals surface area contributed by atoms with Gasteiger partial charge in [-0.05, 0) is 13.8 Å². The molecular weight excluding hydrogens is 238 g/mol. The van der Waals surface area contributed by atoms with E-state index < -0.39 is 0 Å². The number of hydrogen-bond acceptors (Lipinski definition) is 5. The normalized spacial score (nSPS) is 12.2. The Balaban J connectivity index is 2.11. The summed E-state index contributed by atoms with van der Waals surface area (Å²) in [6, 6.07) is 1.52. The average Bonchev–Trinajstić information content (AvgIpc) is 2.64. The second-order valence-corrected chi connectivity index (χ2v) is 5.58. The SMILES string of the molecule is CC(C)(N)CSCc1cc(=O)n2[nH]cnc2n1. The van der Waals surface area contributed by atoms with Crippen LogP contribution in [0.1, 0.15) is 19.5 Å². The van der Waals surface area contributed by atoms with Gasteiger partial charge in [-0.25, -0.2) is 9.97 Å². The maximum atomic E-state index is 11.6.